The number of carbonyl (C=O) groups excluding carboxylic acids is 2. The molecule has 0 saturated heterocycles. The van der Waals surface area contributed by atoms with Crippen molar-refractivity contribution in [3.63, 3.8) is 0 Å². The second-order valence-corrected chi connectivity index (χ2v) is 10.4. The van der Waals surface area contributed by atoms with E-state index in [1.54, 1.807) is 0 Å². The molecule has 2 saturated carbocycles. The lowest BCUT2D eigenvalue weighted by molar-refractivity contribution is -0.130. The van der Waals surface area contributed by atoms with Gasteiger partial charge in [-0.15, -0.1) is 0 Å². The normalized spacial score (nSPS) is 24.8. The fourth-order valence-electron chi connectivity index (χ4n) is 3.87. The molecule has 2 aliphatic carbocycles. The maximum atomic E-state index is 12.6. The van der Waals surface area contributed by atoms with Gasteiger partial charge in [-0.25, -0.2) is 17.9 Å². The predicted octanol–water partition coefficient (Wildman–Crippen LogP) is 2.62. The third-order valence-corrected chi connectivity index (χ3v) is 7.82. The molecule has 4 atom stereocenters. The van der Waals surface area contributed by atoms with E-state index in [0.29, 0.717) is 11.8 Å². The zero-order valence-electron chi connectivity index (χ0n) is 18.5. The molecule has 31 heavy (non-hydrogen) atoms. The van der Waals surface area contributed by atoms with Crippen LogP contribution >= 0.6 is 0 Å². The highest BCUT2D eigenvalue weighted by atomic mass is 32.2. The SMILES string of the molecule is COc1ccc(C(=O)O[C@H](C)C(=O)N[C@@H]2CCC[C@@H](C)[C@@H]2C)cc1S(=O)(=O)NC1CC1. The van der Waals surface area contributed by atoms with Crippen LogP contribution in [0, 0.1) is 11.8 Å². The maximum Gasteiger partial charge on any atom is 0.338 e. The number of rotatable bonds is 8. The summed E-state index contributed by atoms with van der Waals surface area (Å²) >= 11 is 0. The van der Waals surface area contributed by atoms with E-state index in [1.165, 1.54) is 32.2 Å². The van der Waals surface area contributed by atoms with E-state index in [-0.39, 0.29) is 34.2 Å². The molecule has 0 heterocycles. The van der Waals surface area contributed by atoms with Crippen molar-refractivity contribution < 1.29 is 27.5 Å². The molecular weight excluding hydrogens is 420 g/mol. The molecule has 1 aromatic rings. The summed E-state index contributed by atoms with van der Waals surface area (Å²) in [4.78, 5) is 25.1. The molecule has 8 nitrogen and oxygen atoms in total. The van der Waals surface area contributed by atoms with Gasteiger partial charge in [0.2, 0.25) is 10.0 Å². The van der Waals surface area contributed by atoms with Crippen molar-refractivity contribution in [2.45, 2.75) is 76.0 Å². The lowest BCUT2D eigenvalue weighted by Gasteiger charge is -2.35. The van der Waals surface area contributed by atoms with Gasteiger partial charge in [0.05, 0.1) is 12.7 Å². The van der Waals surface area contributed by atoms with Gasteiger partial charge in [0, 0.05) is 12.1 Å². The number of sulfonamides is 1. The molecule has 2 fully saturated rings. The number of hydrogen-bond donors (Lipinski definition) is 2. The molecule has 0 bridgehead atoms. The number of nitrogens with one attached hydrogen (secondary N) is 2. The summed E-state index contributed by atoms with van der Waals surface area (Å²) in [6.45, 7) is 5.82. The zero-order valence-corrected chi connectivity index (χ0v) is 19.3. The Kier molecular flexibility index (Phi) is 7.26. The van der Waals surface area contributed by atoms with Crippen molar-refractivity contribution in [1.82, 2.24) is 10.0 Å². The Labute approximate surface area is 184 Å². The first-order chi connectivity index (χ1) is 14.6. The van der Waals surface area contributed by atoms with E-state index in [1.807, 2.05) is 0 Å². The molecule has 0 radical (unpaired) electrons. The molecule has 172 valence electrons. The number of benzene rings is 1. The minimum Gasteiger partial charge on any atom is -0.495 e. The van der Waals surface area contributed by atoms with Gasteiger partial charge < -0.3 is 14.8 Å². The molecule has 2 aliphatic rings. The molecule has 9 heteroatoms. The number of methoxy groups -OCH3 is 1. The standard InChI is InChI=1S/C22H32N2O6S/c1-13-6-5-7-18(14(13)2)23-21(25)15(3)30-22(26)16-8-11-19(29-4)20(12-16)31(27,28)24-17-9-10-17/h8,11-15,17-18,24H,5-7,9-10H2,1-4H3,(H,23,25)/t13-,14+,15-,18-/m1/s1. The molecule has 0 aliphatic heterocycles. The number of esters is 1. The summed E-state index contributed by atoms with van der Waals surface area (Å²) < 4.78 is 38.3. The molecule has 1 amide bonds. The van der Waals surface area contributed by atoms with E-state index in [9.17, 15) is 18.0 Å². The lowest BCUT2D eigenvalue weighted by atomic mass is 9.78. The Morgan fingerprint density at radius 3 is 2.48 bits per heavy atom. The summed E-state index contributed by atoms with van der Waals surface area (Å²) in [5.41, 5.74) is 0.0382. The van der Waals surface area contributed by atoms with Crippen LogP contribution in [0.1, 0.15) is 63.2 Å². The fourth-order valence-corrected chi connectivity index (χ4v) is 5.37. The second-order valence-electron chi connectivity index (χ2n) is 8.69. The first-order valence-electron chi connectivity index (χ1n) is 10.8. The van der Waals surface area contributed by atoms with E-state index >= 15 is 0 Å². The van der Waals surface area contributed by atoms with Crippen molar-refractivity contribution in [1.29, 1.82) is 0 Å². The van der Waals surface area contributed by atoms with Gasteiger partial charge in [-0.1, -0.05) is 26.7 Å². The van der Waals surface area contributed by atoms with Crippen molar-refractivity contribution in [3.05, 3.63) is 23.8 Å². The molecule has 2 N–H and O–H groups in total. The van der Waals surface area contributed by atoms with Crippen LogP contribution in [0.3, 0.4) is 0 Å². The lowest BCUT2D eigenvalue weighted by Crippen LogP contribution is -2.47. The van der Waals surface area contributed by atoms with Gasteiger partial charge in [-0.3, -0.25) is 4.79 Å². The topological polar surface area (TPSA) is 111 Å². The van der Waals surface area contributed by atoms with E-state index in [0.717, 1.165) is 32.1 Å². The van der Waals surface area contributed by atoms with E-state index in [2.05, 4.69) is 23.9 Å². The van der Waals surface area contributed by atoms with Crippen LogP contribution in [0.5, 0.6) is 5.75 Å². The monoisotopic (exact) mass is 452 g/mol. The molecule has 3 rings (SSSR count). The van der Waals surface area contributed by atoms with Gasteiger partial charge in [-0.2, -0.15) is 0 Å². The quantitative estimate of drug-likeness (QED) is 0.587. The summed E-state index contributed by atoms with van der Waals surface area (Å²) in [6.07, 6.45) is 3.69. The van der Waals surface area contributed by atoms with Crippen molar-refractivity contribution >= 4 is 21.9 Å². The van der Waals surface area contributed by atoms with Gasteiger partial charge >= 0.3 is 5.97 Å². The highest BCUT2D eigenvalue weighted by Gasteiger charge is 2.32. The van der Waals surface area contributed by atoms with Crippen molar-refractivity contribution in [2.24, 2.45) is 11.8 Å². The zero-order chi connectivity index (χ0) is 22.8. The van der Waals surface area contributed by atoms with Crippen LogP contribution in [0.4, 0.5) is 0 Å². The Morgan fingerprint density at radius 1 is 1.13 bits per heavy atom. The van der Waals surface area contributed by atoms with Crippen LogP contribution in [-0.4, -0.2) is 45.6 Å². The number of hydrogen-bond acceptors (Lipinski definition) is 6. The summed E-state index contributed by atoms with van der Waals surface area (Å²) in [6, 6.07) is 4.03. The van der Waals surface area contributed by atoms with Gasteiger partial charge in [-0.05, 0) is 56.2 Å². The Balaban J connectivity index is 1.68. The van der Waals surface area contributed by atoms with Crippen LogP contribution < -0.4 is 14.8 Å². The minimum absolute atomic E-state index is 0.0382. The van der Waals surface area contributed by atoms with Crippen molar-refractivity contribution in [3.8, 4) is 5.75 Å². The van der Waals surface area contributed by atoms with Crippen LogP contribution in [0.25, 0.3) is 0 Å². The van der Waals surface area contributed by atoms with Gasteiger partial charge in [0.1, 0.15) is 10.6 Å². The molecular formula is C22H32N2O6S. The summed E-state index contributed by atoms with van der Waals surface area (Å²) in [5, 5.41) is 3.00. The van der Waals surface area contributed by atoms with Crippen molar-refractivity contribution in [2.75, 3.05) is 7.11 Å². The average molecular weight is 453 g/mol. The maximum absolute atomic E-state index is 12.6. The van der Waals surface area contributed by atoms with Gasteiger partial charge in [0.15, 0.2) is 6.10 Å². The van der Waals surface area contributed by atoms with Crippen LogP contribution in [0.15, 0.2) is 23.1 Å². The highest BCUT2D eigenvalue weighted by Crippen LogP contribution is 2.30. The first-order valence-corrected chi connectivity index (χ1v) is 12.3. The number of ether oxygens (including phenoxy) is 2. The summed E-state index contributed by atoms with van der Waals surface area (Å²) in [7, 11) is -2.47. The third kappa shape index (κ3) is 5.77. The first kappa shape index (κ1) is 23.5. The number of amides is 1. The fraction of sp³-hybridized carbons (Fsp3) is 0.636. The molecule has 0 aromatic heterocycles. The predicted molar refractivity (Wildman–Crippen MR) is 115 cm³/mol. The van der Waals surface area contributed by atoms with Crippen LogP contribution in [0.2, 0.25) is 0 Å². The third-order valence-electron chi connectivity index (χ3n) is 6.28. The number of carbonyl (C=O) groups is 2. The Hall–Kier alpha value is -2.13. The summed E-state index contributed by atoms with van der Waals surface area (Å²) in [5.74, 6) is -0.0973. The smallest absolute Gasteiger partial charge is 0.338 e. The average Bonchev–Trinajstić information content (AvgIpc) is 3.54. The second kappa shape index (κ2) is 9.56. The molecule has 0 spiro atoms. The highest BCUT2D eigenvalue weighted by molar-refractivity contribution is 7.89. The van der Waals surface area contributed by atoms with Crippen LogP contribution in [-0.2, 0) is 19.6 Å². The largest absolute Gasteiger partial charge is 0.495 e. The Bertz CT molecular complexity index is 928. The minimum atomic E-state index is -3.83. The Morgan fingerprint density at radius 2 is 1.84 bits per heavy atom. The molecule has 1 aromatic carbocycles. The molecule has 0 unspecified atom stereocenters. The van der Waals surface area contributed by atoms with E-state index in [4.69, 9.17) is 9.47 Å². The van der Waals surface area contributed by atoms with Gasteiger partial charge in [0.25, 0.3) is 5.91 Å². The van der Waals surface area contributed by atoms with E-state index < -0.39 is 22.1 Å².